The number of hydrogen-bond donors (Lipinski definition) is 2. The van der Waals surface area contributed by atoms with E-state index in [9.17, 15) is 23.2 Å². The van der Waals surface area contributed by atoms with E-state index >= 15 is 0 Å². The highest BCUT2D eigenvalue weighted by Gasteiger charge is 2.32. The van der Waals surface area contributed by atoms with Crippen LogP contribution in [-0.2, 0) is 17.4 Å². The van der Waals surface area contributed by atoms with Crippen molar-refractivity contribution in [1.29, 1.82) is 0 Å². The lowest BCUT2D eigenvalue weighted by Crippen LogP contribution is -2.99. The number of Topliss-reactive ketones (excluding diaryl/α,β-unsaturated/α-hetero) is 1. The molecule has 0 saturated heterocycles. The van der Waals surface area contributed by atoms with Crippen LogP contribution >= 0.6 is 0 Å². The van der Waals surface area contributed by atoms with Gasteiger partial charge in [-0.1, -0.05) is 6.07 Å². The van der Waals surface area contributed by atoms with Gasteiger partial charge < -0.3 is 5.21 Å². The van der Waals surface area contributed by atoms with Gasteiger partial charge in [-0.05, 0) is 13.0 Å². The summed E-state index contributed by atoms with van der Waals surface area (Å²) in [6.45, 7) is 1.24. The summed E-state index contributed by atoms with van der Waals surface area (Å²) in [7, 11) is 0. The lowest BCUT2D eigenvalue weighted by atomic mass is 10.0. The van der Waals surface area contributed by atoms with E-state index in [1.54, 1.807) is 0 Å². The summed E-state index contributed by atoms with van der Waals surface area (Å²) in [5, 5.41) is 18.1. The van der Waals surface area contributed by atoms with Crippen molar-refractivity contribution in [3.05, 3.63) is 34.5 Å². The molecule has 0 fully saturated rings. The molecule has 0 aliphatic heterocycles. The normalized spacial score (nSPS) is 13.5. The van der Waals surface area contributed by atoms with Crippen LogP contribution in [-0.4, -0.2) is 11.0 Å². The first-order valence-electron chi connectivity index (χ1n) is 4.64. The summed E-state index contributed by atoms with van der Waals surface area (Å²) in [4.78, 5) is 10.9. The topological polar surface area (TPSA) is 64.8 Å². The molecule has 1 aromatic carbocycles. The number of carbonyl (C=O) groups is 1. The Balaban J connectivity index is 3.22. The maximum absolute atomic E-state index is 12.4. The van der Waals surface area contributed by atoms with Crippen LogP contribution in [0.1, 0.15) is 18.1 Å². The Labute approximate surface area is 94.8 Å². The molecule has 0 saturated carbocycles. The van der Waals surface area contributed by atoms with E-state index in [1.807, 2.05) is 0 Å². The molecule has 1 unspecified atom stereocenters. The summed E-state index contributed by atoms with van der Waals surface area (Å²) in [5.41, 5.74) is -1.45. The van der Waals surface area contributed by atoms with Crippen LogP contribution in [0.2, 0.25) is 0 Å². The van der Waals surface area contributed by atoms with Crippen molar-refractivity contribution >= 4 is 11.5 Å². The molecule has 7 heteroatoms. The molecule has 2 N–H and O–H groups in total. The first kappa shape index (κ1) is 13.6. The second-order valence-corrected chi connectivity index (χ2v) is 3.55. The number of halogens is 3. The van der Waals surface area contributed by atoms with E-state index in [0.29, 0.717) is 6.07 Å². The van der Waals surface area contributed by atoms with Gasteiger partial charge in [-0.3, -0.25) is 4.79 Å². The fourth-order valence-electron chi connectivity index (χ4n) is 1.37. The van der Waals surface area contributed by atoms with E-state index in [-0.39, 0.29) is 17.8 Å². The smallest absolute Gasteiger partial charge is 0.416 e. The average molecular weight is 249 g/mol. The van der Waals surface area contributed by atoms with Crippen LogP contribution < -0.4 is 5.23 Å². The van der Waals surface area contributed by atoms with Gasteiger partial charge in [-0.25, -0.2) is 5.21 Å². The van der Waals surface area contributed by atoms with Gasteiger partial charge in [-0.15, -0.1) is 0 Å². The van der Waals surface area contributed by atoms with Crippen molar-refractivity contribution in [3.8, 4) is 0 Å². The molecule has 0 aliphatic rings. The van der Waals surface area contributed by atoms with E-state index < -0.39 is 22.7 Å². The van der Waals surface area contributed by atoms with Crippen LogP contribution in [0.5, 0.6) is 0 Å². The zero-order valence-electron chi connectivity index (χ0n) is 8.84. The fraction of sp³-hybridized carbons (Fsp3) is 0.300. The highest BCUT2D eigenvalue weighted by molar-refractivity contribution is 5.79. The Morgan fingerprint density at radius 1 is 1.47 bits per heavy atom. The molecule has 0 amide bonds. The molecule has 0 aromatic heterocycles. The van der Waals surface area contributed by atoms with Gasteiger partial charge in [0.05, 0.1) is 5.56 Å². The predicted octanol–water partition coefficient (Wildman–Crippen LogP) is 1.24. The first-order chi connectivity index (χ1) is 7.71. The monoisotopic (exact) mass is 249 g/mol. The Morgan fingerprint density at radius 2 is 2.06 bits per heavy atom. The summed E-state index contributed by atoms with van der Waals surface area (Å²) in [6.07, 6.45) is -4.79. The van der Waals surface area contributed by atoms with Crippen molar-refractivity contribution in [2.24, 2.45) is 0 Å². The van der Waals surface area contributed by atoms with Crippen molar-refractivity contribution in [1.82, 2.24) is 0 Å². The second-order valence-electron chi connectivity index (χ2n) is 3.55. The lowest BCUT2D eigenvalue weighted by molar-refractivity contribution is -0.991. The van der Waals surface area contributed by atoms with Crippen molar-refractivity contribution in [2.45, 2.75) is 19.5 Å². The number of quaternary nitrogens is 1. The molecule has 0 aliphatic carbocycles. The molecule has 94 valence electrons. The Morgan fingerprint density at radius 3 is 2.47 bits per heavy atom. The molecule has 0 heterocycles. The molecule has 0 radical (unpaired) electrons. The molecule has 4 nitrogen and oxygen atoms in total. The van der Waals surface area contributed by atoms with Gasteiger partial charge in [0.15, 0.2) is 5.69 Å². The van der Waals surface area contributed by atoms with Crippen molar-refractivity contribution < 1.29 is 28.4 Å². The standard InChI is InChI=1S/C10H10F3NO3/c1-6(15)4-7-2-3-8(10(11,12)13)5-9(7)14(16)17/h2-3,5,14,16H,4H2,1H3. The minimum absolute atomic E-state index is 0.0815. The van der Waals surface area contributed by atoms with E-state index in [4.69, 9.17) is 5.21 Å². The lowest BCUT2D eigenvalue weighted by Gasteiger charge is -2.17. The summed E-state index contributed by atoms with van der Waals surface area (Å²) < 4.78 is 37.1. The molecule has 1 atom stereocenters. The number of rotatable bonds is 3. The maximum atomic E-state index is 12.4. The number of ketones is 1. The highest BCUT2D eigenvalue weighted by atomic mass is 19.4. The average Bonchev–Trinajstić information content (AvgIpc) is 2.15. The maximum Gasteiger partial charge on any atom is 0.416 e. The minimum Gasteiger partial charge on any atom is -0.595 e. The number of nitrogens with one attached hydrogen (secondary N) is 1. The fourth-order valence-corrected chi connectivity index (χ4v) is 1.37. The Kier molecular flexibility index (Phi) is 3.87. The van der Waals surface area contributed by atoms with Gasteiger partial charge >= 0.3 is 6.18 Å². The highest BCUT2D eigenvalue weighted by Crippen LogP contribution is 2.31. The first-order valence-corrected chi connectivity index (χ1v) is 4.64. The van der Waals surface area contributed by atoms with Gasteiger partial charge in [-0.2, -0.15) is 18.4 Å². The molecule has 17 heavy (non-hydrogen) atoms. The zero-order chi connectivity index (χ0) is 13.2. The van der Waals surface area contributed by atoms with Crippen LogP contribution in [0.25, 0.3) is 0 Å². The molecule has 1 aromatic rings. The van der Waals surface area contributed by atoms with Gasteiger partial charge in [0.25, 0.3) is 0 Å². The van der Waals surface area contributed by atoms with Crippen LogP contribution in [0.4, 0.5) is 18.9 Å². The van der Waals surface area contributed by atoms with Crippen molar-refractivity contribution in [2.75, 3.05) is 0 Å². The molecule has 0 spiro atoms. The third-order valence-corrected chi connectivity index (χ3v) is 2.11. The number of alkyl halides is 3. The number of hydrogen-bond acceptors (Lipinski definition) is 3. The Hall–Kier alpha value is -1.44. The number of benzene rings is 1. The molecular formula is C10H10F3NO3. The van der Waals surface area contributed by atoms with Crippen LogP contribution in [0, 0.1) is 5.21 Å². The Bertz CT molecular complexity index is 429. The summed E-state index contributed by atoms with van der Waals surface area (Å²) in [6, 6.07) is 2.33. The van der Waals surface area contributed by atoms with Crippen molar-refractivity contribution in [3.63, 3.8) is 0 Å². The SMILES string of the molecule is CC(=O)Cc1ccc(C(F)(F)F)cc1[NH+]([O-])O. The third kappa shape index (κ3) is 3.52. The van der Waals surface area contributed by atoms with Gasteiger partial charge in [0.2, 0.25) is 0 Å². The van der Waals surface area contributed by atoms with Crippen LogP contribution in [0.3, 0.4) is 0 Å². The number of carbonyl (C=O) groups excluding carboxylic acids is 1. The van der Waals surface area contributed by atoms with E-state index in [0.717, 1.165) is 12.1 Å². The quantitative estimate of drug-likeness (QED) is 0.792. The van der Waals surface area contributed by atoms with E-state index in [2.05, 4.69) is 0 Å². The molecular weight excluding hydrogens is 239 g/mol. The van der Waals surface area contributed by atoms with Gasteiger partial charge in [0, 0.05) is 18.1 Å². The minimum atomic E-state index is -4.60. The zero-order valence-corrected chi connectivity index (χ0v) is 8.84. The van der Waals surface area contributed by atoms with E-state index in [1.165, 1.54) is 6.92 Å². The third-order valence-electron chi connectivity index (χ3n) is 2.11. The van der Waals surface area contributed by atoms with Crippen LogP contribution in [0.15, 0.2) is 18.2 Å². The summed E-state index contributed by atoms with van der Waals surface area (Å²) >= 11 is 0. The second kappa shape index (κ2) is 4.82. The largest absolute Gasteiger partial charge is 0.595 e. The molecule has 1 rings (SSSR count). The molecule has 0 bridgehead atoms. The predicted molar refractivity (Wildman–Crippen MR) is 51.6 cm³/mol. The van der Waals surface area contributed by atoms with Gasteiger partial charge in [0.1, 0.15) is 5.78 Å². The summed E-state index contributed by atoms with van der Waals surface area (Å²) in [5.74, 6) is -0.313.